The number of esters is 1. The molecule has 0 amide bonds. The van der Waals surface area contributed by atoms with E-state index in [2.05, 4.69) is 31.9 Å². The summed E-state index contributed by atoms with van der Waals surface area (Å²) in [6.45, 7) is 4.22. The molecule has 0 spiro atoms. The maximum Gasteiger partial charge on any atom is 0.342 e. The van der Waals surface area contributed by atoms with Gasteiger partial charge in [0.05, 0.1) is 0 Å². The molecular weight excluding hydrogens is 282 g/mol. The number of carbonyl (C=O) groups is 1. The third-order valence-corrected chi connectivity index (χ3v) is 4.01. The van der Waals surface area contributed by atoms with Crippen molar-refractivity contribution in [3.8, 4) is 23.5 Å². The van der Waals surface area contributed by atoms with Crippen LogP contribution in [0.1, 0.15) is 35.7 Å². The summed E-state index contributed by atoms with van der Waals surface area (Å²) < 4.78 is 4.99. The lowest BCUT2D eigenvalue weighted by Gasteiger charge is -2.08. The summed E-state index contributed by atoms with van der Waals surface area (Å²) in [6, 6.07) is 8.11. The first-order valence-electron chi connectivity index (χ1n) is 6.62. The van der Waals surface area contributed by atoms with E-state index in [1.54, 1.807) is 0 Å². The second-order valence-electron chi connectivity index (χ2n) is 4.95. The van der Waals surface area contributed by atoms with Crippen LogP contribution in [0.4, 0.5) is 5.00 Å². The van der Waals surface area contributed by atoms with E-state index in [-0.39, 0.29) is 6.61 Å². The maximum atomic E-state index is 12.1. The van der Waals surface area contributed by atoms with Crippen LogP contribution in [0.5, 0.6) is 0 Å². The molecule has 0 saturated heterocycles. The van der Waals surface area contributed by atoms with Gasteiger partial charge in [-0.3, -0.25) is 0 Å². The molecule has 108 valence electrons. The number of carbonyl (C=O) groups excluding carboxylic acids is 1. The number of rotatable bonds is 4. The van der Waals surface area contributed by atoms with E-state index < -0.39 is 5.97 Å². The number of thiophene rings is 1. The highest BCUT2D eigenvalue weighted by atomic mass is 32.1. The Hall–Kier alpha value is -2.25. The van der Waals surface area contributed by atoms with Crippen molar-refractivity contribution in [3.05, 3.63) is 40.8 Å². The Labute approximate surface area is 128 Å². The molecule has 1 heterocycles. The summed E-state index contributed by atoms with van der Waals surface area (Å²) in [5.74, 6) is 2.27. The van der Waals surface area contributed by atoms with Crippen LogP contribution < -0.4 is 5.73 Å². The number of terminal acetylenes is 1. The van der Waals surface area contributed by atoms with Crippen LogP contribution in [0, 0.1) is 12.3 Å². The molecular formula is C17H17NO2S. The van der Waals surface area contributed by atoms with Gasteiger partial charge in [0.25, 0.3) is 0 Å². The number of hydrogen-bond donors (Lipinski definition) is 1. The topological polar surface area (TPSA) is 52.3 Å². The lowest BCUT2D eigenvalue weighted by Crippen LogP contribution is -2.07. The van der Waals surface area contributed by atoms with Crippen molar-refractivity contribution in [1.82, 2.24) is 0 Å². The zero-order chi connectivity index (χ0) is 15.4. The van der Waals surface area contributed by atoms with Crippen LogP contribution in [0.3, 0.4) is 0 Å². The molecule has 2 aromatic rings. The third kappa shape index (κ3) is 3.26. The predicted octanol–water partition coefficient (Wildman–Crippen LogP) is 3.91. The molecule has 0 aliphatic heterocycles. The normalized spacial score (nSPS) is 10.4. The molecule has 2 rings (SSSR count). The molecule has 0 bridgehead atoms. The zero-order valence-electron chi connectivity index (χ0n) is 12.1. The Morgan fingerprint density at radius 2 is 2.05 bits per heavy atom. The summed E-state index contributed by atoms with van der Waals surface area (Å²) in [5.41, 5.74) is 9.27. The van der Waals surface area contributed by atoms with E-state index in [1.807, 2.05) is 17.5 Å². The van der Waals surface area contributed by atoms with E-state index in [0.717, 1.165) is 11.1 Å². The number of nitrogen functional groups attached to an aromatic ring is 1. The number of hydrogen-bond acceptors (Lipinski definition) is 4. The second kappa shape index (κ2) is 6.47. The molecule has 0 aliphatic rings. The average molecular weight is 299 g/mol. The SMILES string of the molecule is C#CCOC(=O)c1c(-c2ccc(C(C)C)cc2)csc1N. The van der Waals surface area contributed by atoms with Crippen LogP contribution >= 0.6 is 11.3 Å². The van der Waals surface area contributed by atoms with Crippen LogP contribution in [0.25, 0.3) is 11.1 Å². The van der Waals surface area contributed by atoms with Gasteiger partial charge in [0.2, 0.25) is 0 Å². The van der Waals surface area contributed by atoms with Gasteiger partial charge in [0, 0.05) is 10.9 Å². The molecule has 3 nitrogen and oxygen atoms in total. The van der Waals surface area contributed by atoms with Gasteiger partial charge in [-0.25, -0.2) is 4.79 Å². The van der Waals surface area contributed by atoms with Gasteiger partial charge < -0.3 is 10.5 Å². The fraction of sp³-hybridized carbons (Fsp3) is 0.235. The number of benzene rings is 1. The molecule has 0 aliphatic carbocycles. The maximum absolute atomic E-state index is 12.1. The molecule has 4 heteroatoms. The molecule has 0 saturated carbocycles. The summed E-state index contributed by atoms with van der Waals surface area (Å²) >= 11 is 1.32. The Kier molecular flexibility index (Phi) is 4.66. The third-order valence-electron chi connectivity index (χ3n) is 3.20. The highest BCUT2D eigenvalue weighted by Gasteiger charge is 2.19. The van der Waals surface area contributed by atoms with E-state index in [4.69, 9.17) is 16.9 Å². The van der Waals surface area contributed by atoms with Crippen LogP contribution in [-0.2, 0) is 4.74 Å². The summed E-state index contributed by atoms with van der Waals surface area (Å²) in [4.78, 5) is 12.1. The molecule has 0 unspecified atom stereocenters. The van der Waals surface area contributed by atoms with Gasteiger partial charge in [-0.1, -0.05) is 44.0 Å². The predicted molar refractivity (Wildman–Crippen MR) is 87.4 cm³/mol. The monoisotopic (exact) mass is 299 g/mol. The first-order valence-corrected chi connectivity index (χ1v) is 7.50. The number of ether oxygens (including phenoxy) is 1. The average Bonchev–Trinajstić information content (AvgIpc) is 2.86. The Morgan fingerprint density at radius 3 is 2.62 bits per heavy atom. The fourth-order valence-electron chi connectivity index (χ4n) is 2.02. The lowest BCUT2D eigenvalue weighted by atomic mass is 9.98. The van der Waals surface area contributed by atoms with Crippen molar-refractivity contribution in [3.63, 3.8) is 0 Å². The van der Waals surface area contributed by atoms with Crippen LogP contribution in [-0.4, -0.2) is 12.6 Å². The first kappa shape index (κ1) is 15.1. The van der Waals surface area contributed by atoms with Gasteiger partial charge >= 0.3 is 5.97 Å². The molecule has 0 atom stereocenters. The van der Waals surface area contributed by atoms with Gasteiger partial charge in [-0.2, -0.15) is 0 Å². The number of anilines is 1. The summed E-state index contributed by atoms with van der Waals surface area (Å²) in [6.07, 6.45) is 5.11. The van der Waals surface area contributed by atoms with Crippen molar-refractivity contribution in [2.45, 2.75) is 19.8 Å². The Bertz CT molecular complexity index is 678. The largest absolute Gasteiger partial charge is 0.449 e. The minimum Gasteiger partial charge on any atom is -0.449 e. The quantitative estimate of drug-likeness (QED) is 0.688. The van der Waals surface area contributed by atoms with E-state index >= 15 is 0 Å². The highest BCUT2D eigenvalue weighted by Crippen LogP contribution is 2.34. The number of nitrogens with two attached hydrogens (primary N) is 1. The molecule has 2 N–H and O–H groups in total. The van der Waals surface area contributed by atoms with Crippen molar-refractivity contribution in [2.75, 3.05) is 12.3 Å². The van der Waals surface area contributed by atoms with Crippen molar-refractivity contribution < 1.29 is 9.53 Å². The van der Waals surface area contributed by atoms with Gasteiger partial charge in [0.1, 0.15) is 10.6 Å². The smallest absolute Gasteiger partial charge is 0.342 e. The zero-order valence-corrected chi connectivity index (χ0v) is 12.9. The molecule has 0 radical (unpaired) electrons. The van der Waals surface area contributed by atoms with Gasteiger partial charge in [-0.15, -0.1) is 17.8 Å². The minimum absolute atomic E-state index is 0.0557. The fourth-order valence-corrected chi connectivity index (χ4v) is 2.83. The summed E-state index contributed by atoms with van der Waals surface area (Å²) in [7, 11) is 0. The second-order valence-corrected chi connectivity index (χ2v) is 5.86. The Balaban J connectivity index is 2.36. The highest BCUT2D eigenvalue weighted by molar-refractivity contribution is 7.14. The van der Waals surface area contributed by atoms with Gasteiger partial charge in [0.15, 0.2) is 6.61 Å². The molecule has 21 heavy (non-hydrogen) atoms. The van der Waals surface area contributed by atoms with E-state index in [9.17, 15) is 4.79 Å². The van der Waals surface area contributed by atoms with E-state index in [1.165, 1.54) is 16.9 Å². The van der Waals surface area contributed by atoms with Crippen LogP contribution in [0.2, 0.25) is 0 Å². The van der Waals surface area contributed by atoms with E-state index in [0.29, 0.717) is 16.5 Å². The van der Waals surface area contributed by atoms with Gasteiger partial charge in [-0.05, 0) is 17.0 Å². The van der Waals surface area contributed by atoms with Crippen molar-refractivity contribution >= 4 is 22.3 Å². The lowest BCUT2D eigenvalue weighted by molar-refractivity contribution is 0.0559. The summed E-state index contributed by atoms with van der Waals surface area (Å²) in [5, 5.41) is 2.31. The first-order chi connectivity index (χ1) is 10.0. The molecule has 1 aromatic carbocycles. The Morgan fingerprint density at radius 1 is 1.38 bits per heavy atom. The molecule has 0 fully saturated rings. The van der Waals surface area contributed by atoms with Crippen molar-refractivity contribution in [2.24, 2.45) is 0 Å². The standard InChI is InChI=1S/C17H17NO2S/c1-4-9-20-17(19)15-14(10-21-16(15)18)13-7-5-12(6-8-13)11(2)3/h1,5-8,10-11H,9,18H2,2-3H3. The van der Waals surface area contributed by atoms with Crippen molar-refractivity contribution in [1.29, 1.82) is 0 Å². The van der Waals surface area contributed by atoms with Crippen LogP contribution in [0.15, 0.2) is 29.6 Å². The minimum atomic E-state index is -0.477. The molecule has 1 aromatic heterocycles.